The number of hydrogen-bond donors (Lipinski definition) is 2. The molecule has 168 valence electrons. The van der Waals surface area contributed by atoms with E-state index in [1.807, 2.05) is 48.5 Å². The Labute approximate surface area is 191 Å². The fourth-order valence-electron chi connectivity index (χ4n) is 3.62. The van der Waals surface area contributed by atoms with Crippen LogP contribution in [-0.4, -0.2) is 24.7 Å². The van der Waals surface area contributed by atoms with Crippen molar-refractivity contribution in [3.8, 4) is 11.5 Å². The maximum atomic E-state index is 13.4. The van der Waals surface area contributed by atoms with Crippen molar-refractivity contribution in [2.45, 2.75) is 13.1 Å². The lowest BCUT2D eigenvalue weighted by atomic mass is 10.1. The highest BCUT2D eigenvalue weighted by Gasteiger charge is 2.14. The molecule has 1 amide bonds. The predicted octanol–water partition coefficient (Wildman–Crippen LogP) is 4.27. The zero-order valence-electron chi connectivity index (χ0n) is 18.5. The van der Waals surface area contributed by atoms with Crippen molar-refractivity contribution in [3.05, 3.63) is 94.8 Å². The van der Waals surface area contributed by atoms with Crippen molar-refractivity contribution in [3.63, 3.8) is 0 Å². The van der Waals surface area contributed by atoms with Crippen LogP contribution in [0.4, 0.5) is 11.4 Å². The Morgan fingerprint density at radius 2 is 1.58 bits per heavy atom. The third kappa shape index (κ3) is 5.15. The number of amides is 1. The van der Waals surface area contributed by atoms with Gasteiger partial charge in [0.1, 0.15) is 18.0 Å². The van der Waals surface area contributed by atoms with Gasteiger partial charge in [0.05, 0.1) is 19.7 Å². The van der Waals surface area contributed by atoms with Gasteiger partial charge in [-0.05, 0) is 47.9 Å². The molecule has 33 heavy (non-hydrogen) atoms. The molecule has 0 aliphatic carbocycles. The molecular weight excluding hydrogens is 418 g/mol. The second-order valence-corrected chi connectivity index (χ2v) is 7.49. The Morgan fingerprint density at radius 1 is 0.848 bits per heavy atom. The number of ether oxygens (including phenoxy) is 2. The van der Waals surface area contributed by atoms with E-state index in [-0.39, 0.29) is 18.0 Å². The third-order valence-corrected chi connectivity index (χ3v) is 5.29. The van der Waals surface area contributed by atoms with Gasteiger partial charge in [0.2, 0.25) is 5.91 Å². The van der Waals surface area contributed by atoms with Crippen molar-refractivity contribution in [1.29, 1.82) is 0 Å². The Morgan fingerprint density at radius 3 is 2.33 bits per heavy atom. The van der Waals surface area contributed by atoms with E-state index >= 15 is 0 Å². The van der Waals surface area contributed by atoms with Gasteiger partial charge in [0, 0.05) is 35.6 Å². The molecule has 1 heterocycles. The summed E-state index contributed by atoms with van der Waals surface area (Å²) in [6.07, 6.45) is 0. The van der Waals surface area contributed by atoms with E-state index < -0.39 is 0 Å². The molecule has 0 bridgehead atoms. The predicted molar refractivity (Wildman–Crippen MR) is 130 cm³/mol. The normalized spacial score (nSPS) is 10.6. The lowest BCUT2D eigenvalue weighted by Crippen LogP contribution is -2.30. The number of para-hydroxylation sites is 1. The summed E-state index contributed by atoms with van der Waals surface area (Å²) < 4.78 is 12.0. The van der Waals surface area contributed by atoms with Gasteiger partial charge >= 0.3 is 0 Å². The molecule has 0 atom stereocenters. The number of rotatable bonds is 8. The largest absolute Gasteiger partial charge is 0.497 e. The highest BCUT2D eigenvalue weighted by molar-refractivity contribution is 5.92. The lowest BCUT2D eigenvalue weighted by Gasteiger charge is -2.15. The molecule has 0 unspecified atom stereocenters. The number of carbonyl (C=O) groups is 1. The fourth-order valence-corrected chi connectivity index (χ4v) is 3.62. The maximum Gasteiger partial charge on any atom is 0.256 e. The number of nitrogens with one attached hydrogen (secondary N) is 2. The van der Waals surface area contributed by atoms with E-state index in [9.17, 15) is 9.59 Å². The Balaban J connectivity index is 1.67. The quantitative estimate of drug-likeness (QED) is 0.425. The summed E-state index contributed by atoms with van der Waals surface area (Å²) in [7, 11) is 3.13. The first-order valence-electron chi connectivity index (χ1n) is 10.5. The van der Waals surface area contributed by atoms with Gasteiger partial charge in [0.25, 0.3) is 5.56 Å². The molecule has 4 rings (SSSR count). The average Bonchev–Trinajstić information content (AvgIpc) is 2.85. The summed E-state index contributed by atoms with van der Waals surface area (Å²) in [6, 6.07) is 24.1. The molecule has 0 fully saturated rings. The number of benzene rings is 3. The van der Waals surface area contributed by atoms with Gasteiger partial charge < -0.3 is 20.1 Å². The number of hydrogen-bond acceptors (Lipinski definition) is 5. The minimum Gasteiger partial charge on any atom is -0.497 e. The first-order chi connectivity index (χ1) is 16.1. The first-order valence-corrected chi connectivity index (χ1v) is 10.5. The molecule has 2 N–H and O–H groups in total. The van der Waals surface area contributed by atoms with Crippen LogP contribution in [0.5, 0.6) is 11.5 Å². The van der Waals surface area contributed by atoms with Crippen LogP contribution in [0.15, 0.2) is 83.7 Å². The summed E-state index contributed by atoms with van der Waals surface area (Å²) in [4.78, 5) is 26.2. The number of aromatic nitrogens is 1. The molecule has 0 spiro atoms. The van der Waals surface area contributed by atoms with Crippen molar-refractivity contribution in [1.82, 2.24) is 4.57 Å². The molecule has 7 heteroatoms. The second-order valence-electron chi connectivity index (χ2n) is 7.49. The summed E-state index contributed by atoms with van der Waals surface area (Å²) in [6.45, 7) is 0.196. The van der Waals surface area contributed by atoms with Crippen LogP contribution < -0.4 is 25.7 Å². The SMILES string of the molecule is COc1cccc(NC(=O)Cn2c(=O)c(CNc3ccccc3)cc3ccc(OC)cc32)c1. The van der Waals surface area contributed by atoms with Crippen LogP contribution in [0.25, 0.3) is 10.9 Å². The highest BCUT2D eigenvalue weighted by atomic mass is 16.5. The van der Waals surface area contributed by atoms with E-state index in [4.69, 9.17) is 9.47 Å². The van der Waals surface area contributed by atoms with Crippen molar-refractivity contribution in [2.24, 2.45) is 0 Å². The molecular formula is C26H25N3O4. The standard InChI is InChI=1S/C26H25N3O4/c1-32-22-10-6-9-21(14-22)28-25(30)17-29-24-15-23(33-2)12-11-18(24)13-19(26(29)31)16-27-20-7-4-3-5-8-20/h3-15,27H,16-17H2,1-2H3,(H,28,30). The van der Waals surface area contributed by atoms with Crippen molar-refractivity contribution < 1.29 is 14.3 Å². The highest BCUT2D eigenvalue weighted by Crippen LogP contribution is 2.22. The Hall–Kier alpha value is -4.26. The molecule has 0 aliphatic rings. The fraction of sp³-hybridized carbons (Fsp3) is 0.154. The molecule has 3 aromatic carbocycles. The lowest BCUT2D eigenvalue weighted by molar-refractivity contribution is -0.116. The monoisotopic (exact) mass is 443 g/mol. The van der Waals surface area contributed by atoms with Gasteiger partial charge in [-0.2, -0.15) is 0 Å². The number of fused-ring (bicyclic) bond motifs is 1. The molecule has 0 aliphatic heterocycles. The van der Waals surface area contributed by atoms with Gasteiger partial charge in [-0.25, -0.2) is 0 Å². The maximum absolute atomic E-state index is 13.4. The second kappa shape index (κ2) is 9.91. The number of carbonyl (C=O) groups excluding carboxylic acids is 1. The zero-order chi connectivity index (χ0) is 23.2. The Kier molecular flexibility index (Phi) is 6.59. The van der Waals surface area contributed by atoms with Crippen molar-refractivity contribution >= 4 is 28.2 Å². The average molecular weight is 444 g/mol. The number of methoxy groups -OCH3 is 2. The topological polar surface area (TPSA) is 81.6 Å². The zero-order valence-corrected chi connectivity index (χ0v) is 18.5. The summed E-state index contributed by atoms with van der Waals surface area (Å²) in [5.74, 6) is 0.927. The summed E-state index contributed by atoms with van der Waals surface area (Å²) in [5.41, 5.74) is 2.46. The van der Waals surface area contributed by atoms with Crippen LogP contribution in [0.1, 0.15) is 5.56 Å². The van der Waals surface area contributed by atoms with Crippen molar-refractivity contribution in [2.75, 3.05) is 24.9 Å². The van der Waals surface area contributed by atoms with E-state index in [0.717, 1.165) is 11.1 Å². The summed E-state index contributed by atoms with van der Waals surface area (Å²) in [5, 5.41) is 6.95. The van der Waals surface area contributed by atoms with Gasteiger partial charge in [-0.15, -0.1) is 0 Å². The Bertz CT molecular complexity index is 1330. The third-order valence-electron chi connectivity index (χ3n) is 5.29. The van der Waals surface area contributed by atoms with Gasteiger partial charge in [-0.3, -0.25) is 14.2 Å². The molecule has 7 nitrogen and oxygen atoms in total. The molecule has 0 saturated carbocycles. The van der Waals surface area contributed by atoms with E-state index in [1.165, 1.54) is 4.57 Å². The van der Waals surface area contributed by atoms with Crippen LogP contribution in [0.3, 0.4) is 0 Å². The van der Waals surface area contributed by atoms with E-state index in [1.54, 1.807) is 44.6 Å². The minimum atomic E-state index is -0.317. The first kappa shape index (κ1) is 22.0. The van der Waals surface area contributed by atoms with Crippen LogP contribution in [0.2, 0.25) is 0 Å². The molecule has 1 aromatic heterocycles. The molecule has 0 saturated heterocycles. The number of anilines is 2. The van der Waals surface area contributed by atoms with Crippen LogP contribution in [-0.2, 0) is 17.9 Å². The summed E-state index contributed by atoms with van der Waals surface area (Å²) >= 11 is 0. The van der Waals surface area contributed by atoms with Gasteiger partial charge in [-0.1, -0.05) is 24.3 Å². The molecule has 4 aromatic rings. The smallest absolute Gasteiger partial charge is 0.256 e. The molecule has 0 radical (unpaired) electrons. The number of pyridine rings is 1. The number of nitrogens with zero attached hydrogens (tertiary/aromatic N) is 1. The van der Waals surface area contributed by atoms with Crippen LogP contribution in [0, 0.1) is 0 Å². The van der Waals surface area contributed by atoms with Gasteiger partial charge in [0.15, 0.2) is 0 Å². The van der Waals surface area contributed by atoms with E-state index in [2.05, 4.69) is 10.6 Å². The minimum absolute atomic E-state index is 0.140. The van der Waals surface area contributed by atoms with Crippen LogP contribution >= 0.6 is 0 Å². The van der Waals surface area contributed by atoms with E-state index in [0.29, 0.717) is 34.8 Å².